The van der Waals surface area contributed by atoms with Gasteiger partial charge in [-0.05, 0) is 17.5 Å². The molecular weight excluding hydrogens is 254 g/mol. The molecule has 2 heterocycles. The highest BCUT2D eigenvalue weighted by Gasteiger charge is 2.17. The van der Waals surface area contributed by atoms with Gasteiger partial charge in [-0.25, -0.2) is 0 Å². The summed E-state index contributed by atoms with van der Waals surface area (Å²) in [6, 6.07) is 6.71. The molecule has 7 heteroatoms. The summed E-state index contributed by atoms with van der Waals surface area (Å²) >= 11 is 1.53. The van der Waals surface area contributed by atoms with Crippen LogP contribution in [-0.2, 0) is 6.61 Å². The first-order chi connectivity index (χ1) is 8.70. The molecule has 94 valence electrons. The van der Waals surface area contributed by atoms with Gasteiger partial charge < -0.3 is 10.1 Å². The van der Waals surface area contributed by atoms with Crippen molar-refractivity contribution in [2.45, 2.75) is 6.61 Å². The number of pyridine rings is 1. The number of nitrogens with zero attached hydrogens (tertiary/aromatic N) is 2. The molecule has 0 atom stereocenters. The number of nitrogens with one attached hydrogen (secondary N) is 1. The molecule has 0 bridgehead atoms. The fourth-order valence-electron chi connectivity index (χ4n) is 1.35. The molecule has 1 N–H and O–H groups in total. The minimum absolute atomic E-state index is 0.0280. The number of ether oxygens (including phenoxy) is 1. The predicted molar refractivity (Wildman–Crippen MR) is 69.1 cm³/mol. The summed E-state index contributed by atoms with van der Waals surface area (Å²) in [6.07, 6.45) is 0. The Bertz CT molecular complexity index is 542. The Morgan fingerprint density at radius 2 is 2.33 bits per heavy atom. The van der Waals surface area contributed by atoms with Crippen LogP contribution in [0.15, 0.2) is 29.6 Å². The molecule has 0 amide bonds. The lowest BCUT2D eigenvalue weighted by Crippen LogP contribution is -2.02. The molecular formula is C11H11N3O3S. The Labute approximate surface area is 107 Å². The van der Waals surface area contributed by atoms with Gasteiger partial charge in [-0.3, -0.25) is 10.1 Å². The Morgan fingerprint density at radius 1 is 1.50 bits per heavy atom. The number of anilines is 1. The van der Waals surface area contributed by atoms with E-state index >= 15 is 0 Å². The normalized spacial score (nSPS) is 10.1. The van der Waals surface area contributed by atoms with Crippen LogP contribution in [0.1, 0.15) is 4.88 Å². The van der Waals surface area contributed by atoms with Gasteiger partial charge in [-0.15, -0.1) is 11.3 Å². The first kappa shape index (κ1) is 12.3. The molecule has 0 aliphatic heterocycles. The van der Waals surface area contributed by atoms with Crippen molar-refractivity contribution in [2.24, 2.45) is 0 Å². The lowest BCUT2D eigenvalue weighted by atomic mass is 10.4. The average Bonchev–Trinajstić information content (AvgIpc) is 2.88. The zero-order valence-electron chi connectivity index (χ0n) is 9.62. The summed E-state index contributed by atoms with van der Waals surface area (Å²) in [6.45, 7) is 0.276. The Balaban J connectivity index is 2.20. The van der Waals surface area contributed by atoms with Crippen molar-refractivity contribution in [3.63, 3.8) is 0 Å². The van der Waals surface area contributed by atoms with Crippen LogP contribution in [-0.4, -0.2) is 17.0 Å². The van der Waals surface area contributed by atoms with Gasteiger partial charge in [0, 0.05) is 18.0 Å². The van der Waals surface area contributed by atoms with E-state index in [9.17, 15) is 10.1 Å². The topological polar surface area (TPSA) is 77.3 Å². The van der Waals surface area contributed by atoms with Gasteiger partial charge >= 0.3 is 5.69 Å². The smallest absolute Gasteiger partial charge is 0.331 e. The van der Waals surface area contributed by atoms with E-state index in [1.54, 1.807) is 7.05 Å². The lowest BCUT2D eigenvalue weighted by molar-refractivity contribution is -0.386. The predicted octanol–water partition coefficient (Wildman–Crippen LogP) is 2.67. The van der Waals surface area contributed by atoms with E-state index in [1.807, 2.05) is 17.5 Å². The molecule has 0 fully saturated rings. The highest BCUT2D eigenvalue weighted by Crippen LogP contribution is 2.27. The van der Waals surface area contributed by atoms with Crippen LogP contribution in [0.25, 0.3) is 0 Å². The number of aromatic nitrogens is 1. The van der Waals surface area contributed by atoms with E-state index in [1.165, 1.54) is 23.5 Å². The maximum absolute atomic E-state index is 10.9. The summed E-state index contributed by atoms with van der Waals surface area (Å²) in [5, 5.41) is 15.6. The van der Waals surface area contributed by atoms with Crippen molar-refractivity contribution in [1.29, 1.82) is 0 Å². The molecule has 0 saturated heterocycles. The van der Waals surface area contributed by atoms with Crippen LogP contribution < -0.4 is 10.1 Å². The molecule has 2 aromatic rings. The van der Waals surface area contributed by atoms with Gasteiger partial charge in [-0.1, -0.05) is 6.07 Å². The molecule has 0 spiro atoms. The van der Waals surface area contributed by atoms with Crippen molar-refractivity contribution in [1.82, 2.24) is 4.98 Å². The van der Waals surface area contributed by atoms with Gasteiger partial charge in [0.25, 0.3) is 5.88 Å². The van der Waals surface area contributed by atoms with Crippen molar-refractivity contribution in [3.8, 4) is 5.88 Å². The van der Waals surface area contributed by atoms with Gasteiger partial charge in [-0.2, -0.15) is 4.98 Å². The summed E-state index contributed by atoms with van der Waals surface area (Å²) < 4.78 is 5.40. The summed E-state index contributed by atoms with van der Waals surface area (Å²) in [4.78, 5) is 15.4. The van der Waals surface area contributed by atoms with Crippen LogP contribution in [0.3, 0.4) is 0 Å². The van der Waals surface area contributed by atoms with E-state index in [2.05, 4.69) is 10.3 Å². The van der Waals surface area contributed by atoms with Crippen molar-refractivity contribution < 1.29 is 9.66 Å². The fourth-order valence-corrected chi connectivity index (χ4v) is 1.97. The lowest BCUT2D eigenvalue weighted by Gasteiger charge is -2.06. The molecule has 18 heavy (non-hydrogen) atoms. The number of thiophene rings is 1. The van der Waals surface area contributed by atoms with Gasteiger partial charge in [0.2, 0.25) is 0 Å². The van der Waals surface area contributed by atoms with Gasteiger partial charge in [0.1, 0.15) is 12.4 Å². The largest absolute Gasteiger partial charge is 0.467 e. The summed E-state index contributed by atoms with van der Waals surface area (Å²) in [5.41, 5.74) is -0.134. The Kier molecular flexibility index (Phi) is 3.73. The van der Waals surface area contributed by atoms with Crippen molar-refractivity contribution in [2.75, 3.05) is 12.4 Å². The zero-order valence-corrected chi connectivity index (χ0v) is 10.4. The molecule has 0 aromatic carbocycles. The maximum Gasteiger partial charge on any atom is 0.331 e. The molecule has 6 nitrogen and oxygen atoms in total. The van der Waals surface area contributed by atoms with Crippen LogP contribution in [0, 0.1) is 10.1 Å². The third-order valence-corrected chi connectivity index (χ3v) is 3.07. The third kappa shape index (κ3) is 2.75. The minimum atomic E-state index is -0.504. The van der Waals surface area contributed by atoms with Gasteiger partial charge in [0.15, 0.2) is 0 Å². The summed E-state index contributed by atoms with van der Waals surface area (Å²) in [7, 11) is 1.69. The molecule has 0 aliphatic rings. The quantitative estimate of drug-likeness (QED) is 0.664. The number of hydrogen-bond donors (Lipinski definition) is 1. The molecule has 0 aliphatic carbocycles. The monoisotopic (exact) mass is 265 g/mol. The second-order valence-electron chi connectivity index (χ2n) is 3.40. The van der Waals surface area contributed by atoms with Crippen LogP contribution in [0.2, 0.25) is 0 Å². The van der Waals surface area contributed by atoms with E-state index in [0.29, 0.717) is 5.82 Å². The SMILES string of the molecule is CNc1ccc([N+](=O)[O-])c(OCc2cccs2)n1. The highest BCUT2D eigenvalue weighted by molar-refractivity contribution is 7.09. The average molecular weight is 265 g/mol. The van der Waals surface area contributed by atoms with Crippen LogP contribution in [0.4, 0.5) is 11.5 Å². The zero-order chi connectivity index (χ0) is 13.0. The molecule has 0 saturated carbocycles. The molecule has 2 rings (SSSR count). The fraction of sp³-hybridized carbons (Fsp3) is 0.182. The second-order valence-corrected chi connectivity index (χ2v) is 4.43. The Morgan fingerprint density at radius 3 is 2.94 bits per heavy atom. The Hall–Kier alpha value is -2.15. The number of hydrogen-bond acceptors (Lipinski definition) is 6. The standard InChI is InChI=1S/C11H11N3O3S/c1-12-10-5-4-9(14(15)16)11(13-10)17-7-8-3-2-6-18-8/h2-6H,7H2,1H3,(H,12,13). The van der Waals surface area contributed by atoms with Crippen molar-refractivity contribution >= 4 is 22.8 Å². The molecule has 2 aromatic heterocycles. The third-order valence-electron chi connectivity index (χ3n) is 2.22. The van der Waals surface area contributed by atoms with Crippen LogP contribution >= 0.6 is 11.3 Å². The second kappa shape index (κ2) is 5.46. The number of rotatable bonds is 5. The van der Waals surface area contributed by atoms with Gasteiger partial charge in [0.05, 0.1) is 4.92 Å². The maximum atomic E-state index is 10.9. The van der Waals surface area contributed by atoms with E-state index in [4.69, 9.17) is 4.74 Å². The van der Waals surface area contributed by atoms with Crippen molar-refractivity contribution in [3.05, 3.63) is 44.6 Å². The first-order valence-electron chi connectivity index (χ1n) is 5.19. The first-order valence-corrected chi connectivity index (χ1v) is 6.07. The molecule has 0 unspecified atom stereocenters. The molecule has 0 radical (unpaired) electrons. The highest BCUT2D eigenvalue weighted by atomic mass is 32.1. The van der Waals surface area contributed by atoms with E-state index in [0.717, 1.165) is 4.88 Å². The van der Waals surface area contributed by atoms with E-state index in [-0.39, 0.29) is 18.2 Å². The van der Waals surface area contributed by atoms with E-state index < -0.39 is 4.92 Å². The summed E-state index contributed by atoms with van der Waals surface area (Å²) in [5.74, 6) is 0.557. The number of nitro groups is 1. The van der Waals surface area contributed by atoms with Crippen LogP contribution in [0.5, 0.6) is 5.88 Å². The minimum Gasteiger partial charge on any atom is -0.467 e.